The number of esters is 1. The fourth-order valence-corrected chi connectivity index (χ4v) is 2.39. The van der Waals surface area contributed by atoms with Crippen molar-refractivity contribution in [1.82, 2.24) is 10.6 Å². The molecule has 3 amide bonds. The Morgan fingerprint density at radius 1 is 1.25 bits per heavy atom. The van der Waals surface area contributed by atoms with Crippen LogP contribution in [0.5, 0.6) is 11.5 Å². The lowest BCUT2D eigenvalue weighted by molar-refractivity contribution is -0.123. The molecule has 10 heteroatoms. The summed E-state index contributed by atoms with van der Waals surface area (Å²) in [6.45, 7) is 1.60. The molecule has 0 unspecified atom stereocenters. The first-order chi connectivity index (χ1) is 13.4. The van der Waals surface area contributed by atoms with E-state index in [9.17, 15) is 14.4 Å². The van der Waals surface area contributed by atoms with Crippen LogP contribution < -0.4 is 20.1 Å². The van der Waals surface area contributed by atoms with Gasteiger partial charge in [-0.3, -0.25) is 10.1 Å². The van der Waals surface area contributed by atoms with Crippen molar-refractivity contribution in [3.8, 4) is 11.5 Å². The first-order valence-electron chi connectivity index (χ1n) is 8.22. The Labute approximate surface area is 165 Å². The molecule has 1 aromatic heterocycles. The number of ether oxygens (including phenoxy) is 3. The fraction of sp³-hybridized carbons (Fsp3) is 0.278. The van der Waals surface area contributed by atoms with Gasteiger partial charge in [-0.2, -0.15) is 0 Å². The zero-order chi connectivity index (χ0) is 20.5. The van der Waals surface area contributed by atoms with Crippen molar-refractivity contribution in [2.75, 3.05) is 20.3 Å². The third kappa shape index (κ3) is 5.92. The lowest BCUT2D eigenvalue weighted by Crippen LogP contribution is -2.41. The highest BCUT2D eigenvalue weighted by Crippen LogP contribution is 2.36. The first kappa shape index (κ1) is 21.1. The molecule has 1 aromatic carbocycles. The number of rotatable bonds is 8. The molecular weight excluding hydrogens is 392 g/mol. The van der Waals surface area contributed by atoms with Crippen molar-refractivity contribution < 1.29 is 33.0 Å². The average molecular weight is 411 g/mol. The van der Waals surface area contributed by atoms with E-state index in [-0.39, 0.29) is 22.9 Å². The Morgan fingerprint density at radius 2 is 2.04 bits per heavy atom. The number of halogens is 1. The summed E-state index contributed by atoms with van der Waals surface area (Å²) >= 11 is 6.09. The van der Waals surface area contributed by atoms with Gasteiger partial charge in [-0.15, -0.1) is 0 Å². The number of hydrogen-bond acceptors (Lipinski definition) is 7. The molecule has 0 spiro atoms. The fourth-order valence-electron chi connectivity index (χ4n) is 2.12. The molecule has 0 radical (unpaired) electrons. The van der Waals surface area contributed by atoms with Crippen LogP contribution >= 0.6 is 11.6 Å². The summed E-state index contributed by atoms with van der Waals surface area (Å²) in [5.74, 6) is -0.531. The Hall–Kier alpha value is -3.20. The van der Waals surface area contributed by atoms with Crippen LogP contribution in [0.4, 0.5) is 4.79 Å². The van der Waals surface area contributed by atoms with Gasteiger partial charge in [0.05, 0.1) is 37.1 Å². The molecule has 0 fully saturated rings. The smallest absolute Gasteiger partial charge is 0.338 e. The van der Waals surface area contributed by atoms with E-state index in [4.69, 9.17) is 30.2 Å². The summed E-state index contributed by atoms with van der Waals surface area (Å²) in [6.07, 6.45) is 1.46. The Kier molecular flexibility index (Phi) is 7.70. The van der Waals surface area contributed by atoms with Crippen LogP contribution in [0.1, 0.15) is 23.0 Å². The Balaban J connectivity index is 1.86. The number of benzene rings is 1. The number of imide groups is 1. The molecule has 0 saturated carbocycles. The monoisotopic (exact) mass is 410 g/mol. The average Bonchev–Trinajstić information content (AvgIpc) is 3.19. The third-order valence-electron chi connectivity index (χ3n) is 3.34. The predicted molar refractivity (Wildman–Crippen MR) is 98.5 cm³/mol. The van der Waals surface area contributed by atoms with Crippen LogP contribution in [-0.4, -0.2) is 38.2 Å². The van der Waals surface area contributed by atoms with Crippen molar-refractivity contribution in [3.63, 3.8) is 0 Å². The summed E-state index contributed by atoms with van der Waals surface area (Å²) in [4.78, 5) is 35.5. The highest BCUT2D eigenvalue weighted by atomic mass is 35.5. The van der Waals surface area contributed by atoms with E-state index in [1.54, 1.807) is 19.1 Å². The van der Waals surface area contributed by atoms with Gasteiger partial charge in [0.25, 0.3) is 5.91 Å². The van der Waals surface area contributed by atoms with Gasteiger partial charge in [-0.25, -0.2) is 9.59 Å². The second-order valence-electron chi connectivity index (χ2n) is 5.31. The molecule has 150 valence electrons. The van der Waals surface area contributed by atoms with Crippen molar-refractivity contribution in [2.24, 2.45) is 0 Å². The van der Waals surface area contributed by atoms with E-state index < -0.39 is 24.5 Å². The summed E-state index contributed by atoms with van der Waals surface area (Å²) in [6, 6.07) is 5.31. The molecule has 0 aliphatic rings. The van der Waals surface area contributed by atoms with Crippen molar-refractivity contribution in [2.45, 2.75) is 13.5 Å². The summed E-state index contributed by atoms with van der Waals surface area (Å²) in [7, 11) is 1.40. The number of carbonyl (C=O) groups excluding carboxylic acids is 3. The van der Waals surface area contributed by atoms with Crippen LogP contribution in [0.25, 0.3) is 0 Å². The molecule has 0 aliphatic heterocycles. The maximum absolute atomic E-state index is 12.1. The number of methoxy groups -OCH3 is 1. The molecule has 2 aromatic rings. The van der Waals surface area contributed by atoms with E-state index in [0.717, 1.165) is 0 Å². The second kappa shape index (κ2) is 10.2. The zero-order valence-corrected chi connectivity index (χ0v) is 16.0. The van der Waals surface area contributed by atoms with Gasteiger partial charge in [0.1, 0.15) is 5.76 Å². The van der Waals surface area contributed by atoms with Crippen molar-refractivity contribution >= 4 is 29.5 Å². The standard InChI is InChI=1S/C18H19ClN2O7/c1-3-26-16-13(19)7-11(8-14(16)25-2)17(23)28-10-15(22)21-18(24)20-9-12-5-4-6-27-12/h4-8H,3,9-10H2,1-2H3,(H2,20,21,22,24). The van der Waals surface area contributed by atoms with Crippen LogP contribution in [0.2, 0.25) is 5.02 Å². The SMILES string of the molecule is CCOc1c(Cl)cc(C(=O)OCC(=O)NC(=O)NCc2ccco2)cc1OC. The highest BCUT2D eigenvalue weighted by molar-refractivity contribution is 6.32. The largest absolute Gasteiger partial charge is 0.493 e. The van der Waals surface area contributed by atoms with Crippen molar-refractivity contribution in [3.05, 3.63) is 46.9 Å². The Bertz CT molecular complexity index is 837. The van der Waals surface area contributed by atoms with Crippen LogP contribution in [0.15, 0.2) is 34.9 Å². The highest BCUT2D eigenvalue weighted by Gasteiger charge is 2.18. The molecule has 28 heavy (non-hydrogen) atoms. The summed E-state index contributed by atoms with van der Waals surface area (Å²) < 4.78 is 20.4. The van der Waals surface area contributed by atoms with E-state index in [0.29, 0.717) is 18.1 Å². The number of carbonyl (C=O) groups is 3. The van der Waals surface area contributed by atoms with Gasteiger partial charge >= 0.3 is 12.0 Å². The van der Waals surface area contributed by atoms with E-state index in [1.807, 2.05) is 5.32 Å². The molecular formula is C18H19ClN2O7. The third-order valence-corrected chi connectivity index (χ3v) is 3.63. The maximum Gasteiger partial charge on any atom is 0.338 e. The number of hydrogen-bond donors (Lipinski definition) is 2. The molecule has 0 saturated heterocycles. The lowest BCUT2D eigenvalue weighted by Gasteiger charge is -2.13. The van der Waals surface area contributed by atoms with Crippen LogP contribution in [0, 0.1) is 0 Å². The Morgan fingerprint density at radius 3 is 2.68 bits per heavy atom. The first-order valence-corrected chi connectivity index (χ1v) is 8.59. The number of urea groups is 1. The molecule has 1 heterocycles. The minimum atomic E-state index is -0.811. The molecule has 0 aliphatic carbocycles. The van der Waals surface area contributed by atoms with E-state index in [1.165, 1.54) is 25.5 Å². The lowest BCUT2D eigenvalue weighted by atomic mass is 10.2. The maximum atomic E-state index is 12.1. The minimum Gasteiger partial charge on any atom is -0.493 e. The van der Waals surface area contributed by atoms with Crippen molar-refractivity contribution in [1.29, 1.82) is 0 Å². The minimum absolute atomic E-state index is 0.0698. The number of amides is 3. The van der Waals surface area contributed by atoms with Gasteiger partial charge in [0.15, 0.2) is 18.1 Å². The topological polar surface area (TPSA) is 116 Å². The van der Waals surface area contributed by atoms with Gasteiger partial charge < -0.3 is 23.9 Å². The molecule has 2 rings (SSSR count). The summed E-state index contributed by atoms with van der Waals surface area (Å²) in [5.41, 5.74) is 0.0698. The number of nitrogens with one attached hydrogen (secondary N) is 2. The van der Waals surface area contributed by atoms with Crippen LogP contribution in [-0.2, 0) is 16.1 Å². The number of furan rings is 1. The molecule has 0 bridgehead atoms. The van der Waals surface area contributed by atoms with Gasteiger partial charge in [-0.05, 0) is 31.2 Å². The molecule has 9 nitrogen and oxygen atoms in total. The van der Waals surface area contributed by atoms with Gasteiger partial charge in [-0.1, -0.05) is 11.6 Å². The van der Waals surface area contributed by atoms with E-state index in [2.05, 4.69) is 5.32 Å². The van der Waals surface area contributed by atoms with Crippen LogP contribution in [0.3, 0.4) is 0 Å². The van der Waals surface area contributed by atoms with Gasteiger partial charge in [0, 0.05) is 0 Å². The summed E-state index contributed by atoms with van der Waals surface area (Å²) in [5, 5.41) is 4.62. The van der Waals surface area contributed by atoms with Gasteiger partial charge in [0.2, 0.25) is 0 Å². The molecule has 0 atom stereocenters. The predicted octanol–water partition coefficient (Wildman–Crippen LogP) is 2.52. The van der Waals surface area contributed by atoms with E-state index >= 15 is 0 Å². The zero-order valence-electron chi connectivity index (χ0n) is 15.2. The second-order valence-corrected chi connectivity index (χ2v) is 5.72. The quantitative estimate of drug-likeness (QED) is 0.642. The normalized spacial score (nSPS) is 10.1. The molecule has 2 N–H and O–H groups in total.